The van der Waals surface area contributed by atoms with Crippen LogP contribution in [0.5, 0.6) is 0 Å². The van der Waals surface area contributed by atoms with Crippen LogP contribution in [0.3, 0.4) is 0 Å². The Kier molecular flexibility index (Phi) is 5.04. The van der Waals surface area contributed by atoms with Crippen molar-refractivity contribution in [2.24, 2.45) is 5.92 Å². The lowest BCUT2D eigenvalue weighted by atomic mass is 9.89. The standard InChI is InChI=1S/C16H24N6/c17-11-14-19-15(18-12-13-7-3-1-4-8-13)21-16(20-14)22-9-5-2-6-10-22/h13H,1-10,12H2,(H,18,19,20,21). The second-order valence-electron chi connectivity index (χ2n) is 6.33. The van der Waals surface area contributed by atoms with Gasteiger partial charge in [0.05, 0.1) is 0 Å². The molecule has 0 aromatic carbocycles. The summed E-state index contributed by atoms with van der Waals surface area (Å²) in [6, 6.07) is 2.06. The monoisotopic (exact) mass is 300 g/mol. The highest BCUT2D eigenvalue weighted by Crippen LogP contribution is 2.24. The molecule has 1 N–H and O–H groups in total. The Morgan fingerprint density at radius 3 is 2.45 bits per heavy atom. The quantitative estimate of drug-likeness (QED) is 0.921. The molecule has 1 saturated carbocycles. The van der Waals surface area contributed by atoms with Crippen LogP contribution in [0.1, 0.15) is 57.2 Å². The van der Waals surface area contributed by atoms with Crippen molar-refractivity contribution >= 4 is 11.9 Å². The zero-order chi connectivity index (χ0) is 15.2. The molecule has 2 fully saturated rings. The van der Waals surface area contributed by atoms with Crippen molar-refractivity contribution in [2.75, 3.05) is 29.9 Å². The molecule has 1 aromatic heterocycles. The molecule has 1 aliphatic carbocycles. The first-order valence-corrected chi connectivity index (χ1v) is 8.50. The Morgan fingerprint density at radius 2 is 1.73 bits per heavy atom. The summed E-state index contributed by atoms with van der Waals surface area (Å²) in [6.07, 6.45) is 10.2. The highest BCUT2D eigenvalue weighted by molar-refractivity contribution is 5.39. The van der Waals surface area contributed by atoms with Gasteiger partial charge in [-0.25, -0.2) is 0 Å². The van der Waals surface area contributed by atoms with E-state index in [0.717, 1.165) is 19.6 Å². The van der Waals surface area contributed by atoms with Crippen molar-refractivity contribution in [1.29, 1.82) is 5.26 Å². The second-order valence-corrected chi connectivity index (χ2v) is 6.33. The normalized spacial score (nSPS) is 19.7. The first-order valence-electron chi connectivity index (χ1n) is 8.50. The molecule has 0 radical (unpaired) electrons. The van der Waals surface area contributed by atoms with Gasteiger partial charge >= 0.3 is 0 Å². The van der Waals surface area contributed by atoms with Gasteiger partial charge in [-0.05, 0) is 38.0 Å². The van der Waals surface area contributed by atoms with E-state index in [1.54, 1.807) is 0 Å². The number of anilines is 2. The first kappa shape index (κ1) is 15.0. The Hall–Kier alpha value is -1.90. The maximum atomic E-state index is 9.15. The van der Waals surface area contributed by atoms with E-state index in [1.165, 1.54) is 51.4 Å². The van der Waals surface area contributed by atoms with Crippen molar-refractivity contribution in [3.63, 3.8) is 0 Å². The van der Waals surface area contributed by atoms with Crippen molar-refractivity contribution in [1.82, 2.24) is 15.0 Å². The molecular weight excluding hydrogens is 276 g/mol. The summed E-state index contributed by atoms with van der Waals surface area (Å²) in [7, 11) is 0. The number of rotatable bonds is 4. The van der Waals surface area contributed by atoms with E-state index >= 15 is 0 Å². The van der Waals surface area contributed by atoms with E-state index in [1.807, 2.05) is 0 Å². The van der Waals surface area contributed by atoms with Crippen LogP contribution in [0.25, 0.3) is 0 Å². The number of hydrogen-bond acceptors (Lipinski definition) is 6. The van der Waals surface area contributed by atoms with Crippen LogP contribution in [0.15, 0.2) is 0 Å². The molecule has 0 spiro atoms. The van der Waals surface area contributed by atoms with Crippen molar-refractivity contribution in [3.8, 4) is 6.07 Å². The van der Waals surface area contributed by atoms with Crippen molar-refractivity contribution in [2.45, 2.75) is 51.4 Å². The minimum Gasteiger partial charge on any atom is -0.354 e. The third-order valence-electron chi connectivity index (χ3n) is 4.64. The number of nitrogens with zero attached hydrogens (tertiary/aromatic N) is 5. The smallest absolute Gasteiger partial charge is 0.238 e. The van der Waals surface area contributed by atoms with Crippen LogP contribution < -0.4 is 10.2 Å². The van der Waals surface area contributed by atoms with Gasteiger partial charge in [0, 0.05) is 19.6 Å². The molecule has 2 heterocycles. The topological polar surface area (TPSA) is 77.7 Å². The number of nitriles is 1. The summed E-state index contributed by atoms with van der Waals surface area (Å²) >= 11 is 0. The van der Waals surface area contributed by atoms with Crippen LogP contribution in [-0.2, 0) is 0 Å². The number of nitrogens with one attached hydrogen (secondary N) is 1. The molecule has 1 saturated heterocycles. The molecule has 6 heteroatoms. The van der Waals surface area contributed by atoms with E-state index in [9.17, 15) is 0 Å². The van der Waals surface area contributed by atoms with E-state index in [2.05, 4.69) is 31.2 Å². The number of aromatic nitrogens is 3. The van der Waals surface area contributed by atoms with Crippen LogP contribution in [0.4, 0.5) is 11.9 Å². The maximum absolute atomic E-state index is 9.15. The Morgan fingerprint density at radius 1 is 1.00 bits per heavy atom. The molecule has 118 valence electrons. The molecule has 6 nitrogen and oxygen atoms in total. The van der Waals surface area contributed by atoms with Crippen LogP contribution in [-0.4, -0.2) is 34.6 Å². The summed E-state index contributed by atoms with van der Waals surface area (Å²) in [4.78, 5) is 15.2. The first-order chi connectivity index (χ1) is 10.8. The summed E-state index contributed by atoms with van der Waals surface area (Å²) in [5.74, 6) is 2.12. The Labute approximate surface area is 132 Å². The molecule has 0 amide bonds. The minimum atomic E-state index is 0.210. The molecule has 3 rings (SSSR count). The maximum Gasteiger partial charge on any atom is 0.238 e. The highest BCUT2D eigenvalue weighted by Gasteiger charge is 2.17. The zero-order valence-electron chi connectivity index (χ0n) is 13.1. The van der Waals surface area contributed by atoms with Crippen LogP contribution in [0.2, 0.25) is 0 Å². The van der Waals surface area contributed by atoms with Gasteiger partial charge < -0.3 is 10.2 Å². The third kappa shape index (κ3) is 3.85. The Bertz CT molecular complexity index is 526. The Balaban J connectivity index is 1.68. The lowest BCUT2D eigenvalue weighted by molar-refractivity contribution is 0.373. The molecule has 0 unspecified atom stereocenters. The average Bonchev–Trinajstić information content (AvgIpc) is 2.61. The lowest BCUT2D eigenvalue weighted by Crippen LogP contribution is -2.31. The summed E-state index contributed by atoms with van der Waals surface area (Å²) in [5.41, 5.74) is 0. The van der Waals surface area contributed by atoms with Gasteiger partial charge in [0.1, 0.15) is 6.07 Å². The molecule has 2 aliphatic rings. The molecule has 22 heavy (non-hydrogen) atoms. The van der Waals surface area contributed by atoms with Crippen LogP contribution >= 0.6 is 0 Å². The predicted molar refractivity (Wildman–Crippen MR) is 85.7 cm³/mol. The van der Waals surface area contributed by atoms with Gasteiger partial charge in [0.25, 0.3) is 0 Å². The van der Waals surface area contributed by atoms with Crippen molar-refractivity contribution < 1.29 is 0 Å². The van der Waals surface area contributed by atoms with Gasteiger partial charge in [-0.1, -0.05) is 19.3 Å². The highest BCUT2D eigenvalue weighted by atomic mass is 15.3. The summed E-state index contributed by atoms with van der Waals surface area (Å²) in [5, 5.41) is 12.5. The van der Waals surface area contributed by atoms with E-state index in [4.69, 9.17) is 5.26 Å². The van der Waals surface area contributed by atoms with Gasteiger partial charge in [0.2, 0.25) is 17.7 Å². The third-order valence-corrected chi connectivity index (χ3v) is 4.64. The predicted octanol–water partition coefficient (Wildman–Crippen LogP) is 2.73. The zero-order valence-corrected chi connectivity index (χ0v) is 13.1. The fraction of sp³-hybridized carbons (Fsp3) is 0.750. The fourth-order valence-corrected chi connectivity index (χ4v) is 3.36. The van der Waals surface area contributed by atoms with Gasteiger partial charge in [-0.15, -0.1) is 0 Å². The number of piperidine rings is 1. The van der Waals surface area contributed by atoms with Gasteiger partial charge in [0.15, 0.2) is 0 Å². The lowest BCUT2D eigenvalue weighted by Gasteiger charge is -2.27. The molecule has 1 aliphatic heterocycles. The summed E-state index contributed by atoms with van der Waals surface area (Å²) < 4.78 is 0. The molecule has 1 aromatic rings. The molecule has 0 bridgehead atoms. The van der Waals surface area contributed by atoms with Gasteiger partial charge in [-0.3, -0.25) is 0 Å². The molecule has 0 atom stereocenters. The van der Waals surface area contributed by atoms with Gasteiger partial charge in [-0.2, -0.15) is 20.2 Å². The van der Waals surface area contributed by atoms with E-state index < -0.39 is 0 Å². The molecular formula is C16H24N6. The van der Waals surface area contributed by atoms with Crippen molar-refractivity contribution in [3.05, 3.63) is 5.82 Å². The van der Waals surface area contributed by atoms with Crippen LogP contribution in [0, 0.1) is 17.2 Å². The van der Waals surface area contributed by atoms with E-state index in [-0.39, 0.29) is 5.82 Å². The average molecular weight is 300 g/mol. The SMILES string of the molecule is N#Cc1nc(NCC2CCCCC2)nc(N2CCCCC2)n1. The van der Waals surface area contributed by atoms with E-state index in [0.29, 0.717) is 17.8 Å². The largest absolute Gasteiger partial charge is 0.354 e. The minimum absolute atomic E-state index is 0.210. The number of hydrogen-bond donors (Lipinski definition) is 1. The summed E-state index contributed by atoms with van der Waals surface area (Å²) in [6.45, 7) is 2.84. The fourth-order valence-electron chi connectivity index (χ4n) is 3.36. The second kappa shape index (κ2) is 7.39.